The Balaban J connectivity index is 1.57. The minimum absolute atomic E-state index is 0.177. The molecule has 0 spiro atoms. The van der Waals surface area contributed by atoms with Gasteiger partial charge in [0.05, 0.1) is 30.4 Å². The van der Waals surface area contributed by atoms with Gasteiger partial charge in [0.25, 0.3) is 0 Å². The molecule has 2 aliphatic rings. The monoisotopic (exact) mass is 288 g/mol. The van der Waals surface area contributed by atoms with E-state index in [2.05, 4.69) is 21.0 Å². The summed E-state index contributed by atoms with van der Waals surface area (Å²) in [5, 5.41) is 12.8. The van der Waals surface area contributed by atoms with E-state index in [-0.39, 0.29) is 6.10 Å². The van der Waals surface area contributed by atoms with Gasteiger partial charge in [-0.1, -0.05) is 19.3 Å². The van der Waals surface area contributed by atoms with Crippen LogP contribution in [0.3, 0.4) is 0 Å². The summed E-state index contributed by atoms with van der Waals surface area (Å²) in [5.41, 5.74) is 2.52. The number of imidazole rings is 1. The van der Waals surface area contributed by atoms with Crippen molar-refractivity contribution in [3.05, 3.63) is 28.8 Å². The lowest BCUT2D eigenvalue weighted by Crippen LogP contribution is -2.26. The zero-order valence-electron chi connectivity index (χ0n) is 11.5. The molecule has 106 valence electrons. The Morgan fingerprint density at radius 2 is 2.20 bits per heavy atom. The lowest BCUT2D eigenvalue weighted by Gasteiger charge is -2.28. The average Bonchev–Trinajstić information content (AvgIpc) is 3.16. The molecule has 3 nitrogen and oxygen atoms in total. The van der Waals surface area contributed by atoms with Crippen molar-refractivity contribution in [2.24, 2.45) is 5.92 Å². The molecule has 1 saturated carbocycles. The second-order valence-corrected chi connectivity index (χ2v) is 7.05. The van der Waals surface area contributed by atoms with E-state index in [1.807, 2.05) is 23.9 Å². The van der Waals surface area contributed by atoms with Gasteiger partial charge in [-0.2, -0.15) is 0 Å². The molecule has 0 aromatic carbocycles. The van der Waals surface area contributed by atoms with Crippen LogP contribution >= 0.6 is 11.3 Å². The molecule has 4 rings (SSSR count). The van der Waals surface area contributed by atoms with Crippen LogP contribution in [0.5, 0.6) is 0 Å². The molecule has 0 unspecified atom stereocenters. The van der Waals surface area contributed by atoms with E-state index in [4.69, 9.17) is 0 Å². The van der Waals surface area contributed by atoms with Crippen LogP contribution in [0.2, 0.25) is 0 Å². The number of aliphatic hydroxyl groups is 1. The first kappa shape index (κ1) is 12.6. The maximum absolute atomic E-state index is 10.6. The predicted molar refractivity (Wildman–Crippen MR) is 80.9 cm³/mol. The molecule has 0 saturated heterocycles. The van der Waals surface area contributed by atoms with E-state index in [1.54, 1.807) is 0 Å². The molecule has 1 aliphatic carbocycles. The molecule has 3 heterocycles. The molecule has 0 radical (unpaired) electrons. The van der Waals surface area contributed by atoms with Crippen molar-refractivity contribution in [3.8, 4) is 11.3 Å². The van der Waals surface area contributed by atoms with Crippen molar-refractivity contribution in [2.45, 2.75) is 50.7 Å². The zero-order valence-corrected chi connectivity index (χ0v) is 12.4. The fourth-order valence-corrected chi connectivity index (χ4v) is 4.86. The van der Waals surface area contributed by atoms with E-state index in [1.165, 1.54) is 48.2 Å². The Labute approximate surface area is 123 Å². The highest BCUT2D eigenvalue weighted by atomic mass is 32.1. The predicted octanol–water partition coefficient (Wildman–Crippen LogP) is 3.85. The van der Waals surface area contributed by atoms with Crippen LogP contribution < -0.4 is 0 Å². The quantitative estimate of drug-likeness (QED) is 0.931. The number of nitrogens with zero attached hydrogens (tertiary/aromatic N) is 2. The summed E-state index contributed by atoms with van der Waals surface area (Å²) >= 11 is 1.81. The summed E-state index contributed by atoms with van der Waals surface area (Å²) in [6.07, 6.45) is 10.8. The number of aromatic nitrogens is 2. The van der Waals surface area contributed by atoms with Gasteiger partial charge in [-0.05, 0) is 36.6 Å². The van der Waals surface area contributed by atoms with E-state index >= 15 is 0 Å². The van der Waals surface area contributed by atoms with E-state index in [0.717, 1.165) is 6.42 Å². The number of thiophene rings is 1. The van der Waals surface area contributed by atoms with Crippen LogP contribution in [0.4, 0.5) is 0 Å². The third kappa shape index (κ3) is 1.93. The first-order chi connectivity index (χ1) is 9.84. The minimum Gasteiger partial charge on any atom is -0.393 e. The van der Waals surface area contributed by atoms with Crippen LogP contribution in [-0.2, 0) is 0 Å². The van der Waals surface area contributed by atoms with Crippen molar-refractivity contribution in [1.82, 2.24) is 9.55 Å². The lowest BCUT2D eigenvalue weighted by molar-refractivity contribution is 0.0689. The van der Waals surface area contributed by atoms with Crippen LogP contribution in [-0.4, -0.2) is 20.8 Å². The lowest BCUT2D eigenvalue weighted by atomic mass is 9.83. The maximum atomic E-state index is 10.6. The summed E-state index contributed by atoms with van der Waals surface area (Å²) in [5.74, 6) is 0.500. The summed E-state index contributed by atoms with van der Waals surface area (Å²) in [4.78, 5) is 5.68. The van der Waals surface area contributed by atoms with Gasteiger partial charge in [0, 0.05) is 10.4 Å². The Bertz CT molecular complexity index is 557. The normalized spacial score (nSPS) is 23.6. The van der Waals surface area contributed by atoms with E-state index in [9.17, 15) is 5.11 Å². The van der Waals surface area contributed by atoms with Crippen LogP contribution in [0.25, 0.3) is 11.3 Å². The van der Waals surface area contributed by atoms with Gasteiger partial charge in [-0.3, -0.25) is 0 Å². The molecule has 4 heteroatoms. The minimum atomic E-state index is -0.177. The molecule has 2 aromatic heterocycles. The van der Waals surface area contributed by atoms with Gasteiger partial charge in [-0.25, -0.2) is 4.98 Å². The topological polar surface area (TPSA) is 38.1 Å². The highest BCUT2D eigenvalue weighted by Gasteiger charge is 2.33. The standard InChI is InChI=1S/C16H20N2OS/c19-15(11-4-2-1-3-5-11)8-13-16-12(6-7-20-16)14-9-17-10-18(13)14/h6-7,9-11,13,15,19H,1-5,8H2/t13-,15+/m1/s1. The fraction of sp³-hybridized carbons (Fsp3) is 0.562. The number of aliphatic hydroxyl groups excluding tert-OH is 1. The van der Waals surface area contributed by atoms with Gasteiger partial charge >= 0.3 is 0 Å². The fourth-order valence-electron chi connectivity index (χ4n) is 3.84. The van der Waals surface area contributed by atoms with Crippen molar-refractivity contribution in [1.29, 1.82) is 0 Å². The number of hydrogen-bond donors (Lipinski definition) is 1. The van der Waals surface area contributed by atoms with Gasteiger partial charge in [0.15, 0.2) is 0 Å². The third-order valence-corrected chi connectivity index (χ3v) is 5.95. The number of rotatable bonds is 3. The molecule has 2 aromatic rings. The molecule has 0 bridgehead atoms. The van der Waals surface area contributed by atoms with E-state index < -0.39 is 0 Å². The first-order valence-electron chi connectivity index (χ1n) is 7.62. The van der Waals surface area contributed by atoms with E-state index in [0.29, 0.717) is 12.0 Å². The number of fused-ring (bicyclic) bond motifs is 3. The summed E-state index contributed by atoms with van der Waals surface area (Å²) in [6.45, 7) is 0. The maximum Gasteiger partial charge on any atom is 0.0957 e. The molecule has 1 aliphatic heterocycles. The van der Waals surface area contributed by atoms with Gasteiger partial charge in [0.2, 0.25) is 0 Å². The van der Waals surface area contributed by atoms with Crippen molar-refractivity contribution in [2.75, 3.05) is 0 Å². The molecular weight excluding hydrogens is 268 g/mol. The second kappa shape index (κ2) is 5.01. The van der Waals surface area contributed by atoms with Crippen molar-refractivity contribution in [3.63, 3.8) is 0 Å². The second-order valence-electron chi connectivity index (χ2n) is 6.10. The molecule has 1 N–H and O–H groups in total. The van der Waals surface area contributed by atoms with Gasteiger partial charge in [-0.15, -0.1) is 11.3 Å². The van der Waals surface area contributed by atoms with Crippen molar-refractivity contribution >= 4 is 11.3 Å². The molecule has 0 amide bonds. The zero-order chi connectivity index (χ0) is 13.5. The van der Waals surface area contributed by atoms with Crippen LogP contribution in [0, 0.1) is 5.92 Å². The Hall–Kier alpha value is -1.13. The molecule has 20 heavy (non-hydrogen) atoms. The molecular formula is C16H20N2OS. The SMILES string of the molecule is O[C@@H](C[C@@H]1c2sccc2-c2cncn21)C1CCCCC1. The Kier molecular flexibility index (Phi) is 3.15. The average molecular weight is 288 g/mol. The number of hydrogen-bond acceptors (Lipinski definition) is 3. The highest BCUT2D eigenvalue weighted by Crippen LogP contribution is 2.45. The first-order valence-corrected chi connectivity index (χ1v) is 8.50. The summed E-state index contributed by atoms with van der Waals surface area (Å²) < 4.78 is 2.24. The Morgan fingerprint density at radius 1 is 1.35 bits per heavy atom. The highest BCUT2D eigenvalue weighted by molar-refractivity contribution is 7.10. The Morgan fingerprint density at radius 3 is 3.05 bits per heavy atom. The molecule has 2 atom stereocenters. The van der Waals surface area contributed by atoms with Crippen LogP contribution in [0.15, 0.2) is 24.0 Å². The van der Waals surface area contributed by atoms with Crippen LogP contribution in [0.1, 0.15) is 49.4 Å². The summed E-state index contributed by atoms with van der Waals surface area (Å²) in [6, 6.07) is 2.47. The van der Waals surface area contributed by atoms with Gasteiger partial charge < -0.3 is 9.67 Å². The smallest absolute Gasteiger partial charge is 0.0957 e. The summed E-state index contributed by atoms with van der Waals surface area (Å²) in [7, 11) is 0. The molecule has 1 fully saturated rings. The largest absolute Gasteiger partial charge is 0.393 e. The third-order valence-electron chi connectivity index (χ3n) is 4.93. The van der Waals surface area contributed by atoms with Crippen molar-refractivity contribution < 1.29 is 5.11 Å². The van der Waals surface area contributed by atoms with Gasteiger partial charge in [0.1, 0.15) is 0 Å².